The van der Waals surface area contributed by atoms with Crippen molar-refractivity contribution < 1.29 is 36.5 Å². The molecule has 0 saturated carbocycles. The highest BCUT2D eigenvalue weighted by molar-refractivity contribution is 5.63. The molecule has 4 heterocycles. The van der Waals surface area contributed by atoms with Crippen LogP contribution in [0.3, 0.4) is 0 Å². The van der Waals surface area contributed by atoms with Crippen molar-refractivity contribution in [3.8, 4) is 17.2 Å². The number of alkyl halides is 3. The zero-order chi connectivity index (χ0) is 26.7. The first kappa shape index (κ1) is 25.0. The fourth-order valence-electron chi connectivity index (χ4n) is 6.37. The summed E-state index contributed by atoms with van der Waals surface area (Å²) in [5.41, 5.74) is -1.16. The van der Waals surface area contributed by atoms with Crippen LogP contribution in [0.25, 0.3) is 0 Å². The fraction of sp³-hybridized carbons (Fsp3) is 0.414. The maximum absolute atomic E-state index is 15.8. The lowest BCUT2D eigenvalue weighted by Crippen LogP contribution is -2.51. The van der Waals surface area contributed by atoms with Crippen molar-refractivity contribution in [2.75, 3.05) is 26.4 Å². The van der Waals surface area contributed by atoms with Gasteiger partial charge in [-0.3, -0.25) is 4.98 Å². The van der Waals surface area contributed by atoms with Crippen LogP contribution in [0.4, 0.5) is 17.6 Å². The molecule has 0 N–H and O–H groups in total. The van der Waals surface area contributed by atoms with Gasteiger partial charge in [0, 0.05) is 23.4 Å². The number of halogens is 4. The summed E-state index contributed by atoms with van der Waals surface area (Å²) < 4.78 is 81.5. The fourth-order valence-corrected chi connectivity index (χ4v) is 6.37. The van der Waals surface area contributed by atoms with Crippen LogP contribution in [0.2, 0.25) is 0 Å². The second kappa shape index (κ2) is 8.86. The summed E-state index contributed by atoms with van der Waals surface area (Å²) in [6, 6.07) is 10.8. The third-order valence-electron chi connectivity index (χ3n) is 8.16. The van der Waals surface area contributed by atoms with E-state index in [0.717, 1.165) is 6.07 Å². The van der Waals surface area contributed by atoms with E-state index in [1.165, 1.54) is 18.3 Å². The molecule has 200 valence electrons. The summed E-state index contributed by atoms with van der Waals surface area (Å²) >= 11 is 0. The third-order valence-corrected chi connectivity index (χ3v) is 8.16. The summed E-state index contributed by atoms with van der Waals surface area (Å²) in [6.45, 7) is 4.82. The van der Waals surface area contributed by atoms with Gasteiger partial charge in [0.1, 0.15) is 37.0 Å². The third kappa shape index (κ3) is 3.66. The number of hydrogen-bond acceptors (Lipinski definition) is 5. The largest absolute Gasteiger partial charge is 0.492 e. The number of fused-ring (bicyclic) bond motifs is 2. The minimum Gasteiger partial charge on any atom is -0.492 e. The molecule has 5 nitrogen and oxygen atoms in total. The van der Waals surface area contributed by atoms with Crippen LogP contribution in [-0.2, 0) is 22.7 Å². The van der Waals surface area contributed by atoms with Gasteiger partial charge in [-0.1, -0.05) is 25.5 Å². The zero-order valence-electron chi connectivity index (χ0n) is 21.0. The van der Waals surface area contributed by atoms with Crippen molar-refractivity contribution in [1.82, 2.24) is 4.98 Å². The number of pyridine rings is 1. The molecular formula is C29H27F4NO4. The lowest BCUT2D eigenvalue weighted by Gasteiger charge is -2.41. The molecule has 3 unspecified atom stereocenters. The molecule has 0 bridgehead atoms. The summed E-state index contributed by atoms with van der Waals surface area (Å²) in [4.78, 5) is 4.12. The summed E-state index contributed by atoms with van der Waals surface area (Å²) in [7, 11) is 0. The maximum atomic E-state index is 15.8. The highest BCUT2D eigenvalue weighted by Gasteiger charge is 2.70. The number of aryl methyl sites for hydroxylation is 1. The second-order valence-corrected chi connectivity index (χ2v) is 10.1. The van der Waals surface area contributed by atoms with Gasteiger partial charge in [-0.15, -0.1) is 0 Å². The van der Waals surface area contributed by atoms with E-state index in [0.29, 0.717) is 53.6 Å². The van der Waals surface area contributed by atoms with Crippen LogP contribution >= 0.6 is 0 Å². The minimum absolute atomic E-state index is 0.0152. The van der Waals surface area contributed by atoms with Gasteiger partial charge in [-0.05, 0) is 49.1 Å². The van der Waals surface area contributed by atoms with Gasteiger partial charge in [0.15, 0.2) is 11.5 Å². The smallest absolute Gasteiger partial charge is 0.418 e. The van der Waals surface area contributed by atoms with Gasteiger partial charge in [0.25, 0.3) is 0 Å². The van der Waals surface area contributed by atoms with Crippen molar-refractivity contribution in [1.29, 1.82) is 0 Å². The monoisotopic (exact) mass is 529 g/mol. The number of nitrogens with zero attached hydrogens (tertiary/aromatic N) is 1. The van der Waals surface area contributed by atoms with E-state index in [1.807, 2.05) is 26.0 Å². The number of ether oxygens (including phenoxy) is 4. The van der Waals surface area contributed by atoms with Crippen LogP contribution in [0.1, 0.15) is 41.3 Å². The lowest BCUT2D eigenvalue weighted by atomic mass is 9.60. The van der Waals surface area contributed by atoms with E-state index in [1.54, 1.807) is 12.1 Å². The SMILES string of the molecule is CCC(Cc1ncccc1C(F)(F)F)C1(C2(c3c(C)cccc3F)COc3cc4c(cc32)OCCO4)CO1. The molecule has 0 aliphatic carbocycles. The molecule has 0 amide bonds. The minimum atomic E-state index is -4.54. The van der Waals surface area contributed by atoms with Gasteiger partial charge in [0.05, 0.1) is 23.3 Å². The molecule has 1 aromatic heterocycles. The van der Waals surface area contributed by atoms with Crippen molar-refractivity contribution >= 4 is 0 Å². The van der Waals surface area contributed by atoms with E-state index >= 15 is 4.39 Å². The molecule has 9 heteroatoms. The zero-order valence-corrected chi connectivity index (χ0v) is 21.0. The number of rotatable bonds is 6. The van der Waals surface area contributed by atoms with E-state index in [4.69, 9.17) is 18.9 Å². The van der Waals surface area contributed by atoms with Gasteiger partial charge in [-0.2, -0.15) is 13.2 Å². The molecule has 1 fully saturated rings. The summed E-state index contributed by atoms with van der Waals surface area (Å²) in [6.07, 6.45) is -2.67. The first-order chi connectivity index (χ1) is 18.2. The predicted molar refractivity (Wildman–Crippen MR) is 130 cm³/mol. The normalized spacial score (nSPS) is 24.5. The average molecular weight is 530 g/mol. The van der Waals surface area contributed by atoms with Crippen molar-refractivity contribution in [3.05, 3.63) is 82.4 Å². The molecule has 3 aliphatic rings. The Balaban J connectivity index is 1.54. The lowest BCUT2D eigenvalue weighted by molar-refractivity contribution is -0.138. The van der Waals surface area contributed by atoms with Crippen molar-refractivity contribution in [3.63, 3.8) is 0 Å². The van der Waals surface area contributed by atoms with Crippen LogP contribution in [0.5, 0.6) is 17.2 Å². The Hall–Kier alpha value is -3.33. The highest BCUT2D eigenvalue weighted by Crippen LogP contribution is 2.62. The molecule has 0 radical (unpaired) electrons. The van der Waals surface area contributed by atoms with E-state index in [9.17, 15) is 13.2 Å². The quantitative estimate of drug-likeness (QED) is 0.288. The molecule has 38 heavy (non-hydrogen) atoms. The van der Waals surface area contributed by atoms with Gasteiger partial charge in [-0.25, -0.2) is 4.39 Å². The van der Waals surface area contributed by atoms with Crippen LogP contribution < -0.4 is 14.2 Å². The number of epoxide rings is 1. The number of aromatic nitrogens is 1. The Morgan fingerprint density at radius 2 is 1.71 bits per heavy atom. The molecule has 2 aromatic carbocycles. The number of hydrogen-bond donors (Lipinski definition) is 0. The Morgan fingerprint density at radius 3 is 2.37 bits per heavy atom. The van der Waals surface area contributed by atoms with Gasteiger partial charge < -0.3 is 18.9 Å². The van der Waals surface area contributed by atoms with Gasteiger partial charge >= 0.3 is 6.18 Å². The molecular weight excluding hydrogens is 502 g/mol. The Bertz CT molecular complexity index is 1370. The summed E-state index contributed by atoms with van der Waals surface area (Å²) in [5.74, 6) is 0.745. The Kier molecular flexibility index (Phi) is 5.83. The maximum Gasteiger partial charge on any atom is 0.418 e. The van der Waals surface area contributed by atoms with E-state index < -0.39 is 34.5 Å². The molecule has 3 atom stereocenters. The molecule has 6 rings (SSSR count). The Morgan fingerprint density at radius 1 is 0.974 bits per heavy atom. The van der Waals surface area contributed by atoms with Crippen LogP contribution in [0.15, 0.2) is 48.7 Å². The highest BCUT2D eigenvalue weighted by atomic mass is 19.4. The average Bonchev–Trinajstić information content (AvgIpc) is 3.63. The number of benzene rings is 2. The molecule has 3 aromatic rings. The van der Waals surface area contributed by atoms with Crippen LogP contribution in [-0.4, -0.2) is 37.0 Å². The molecule has 0 spiro atoms. The Labute approximate surface area is 217 Å². The van der Waals surface area contributed by atoms with E-state index in [-0.39, 0.29) is 25.3 Å². The van der Waals surface area contributed by atoms with Crippen molar-refractivity contribution in [2.45, 2.75) is 43.9 Å². The first-order valence-corrected chi connectivity index (χ1v) is 12.7. The molecule has 1 saturated heterocycles. The van der Waals surface area contributed by atoms with Crippen LogP contribution in [0, 0.1) is 18.7 Å². The summed E-state index contributed by atoms with van der Waals surface area (Å²) in [5, 5.41) is 0. The second-order valence-electron chi connectivity index (χ2n) is 10.1. The van der Waals surface area contributed by atoms with Crippen molar-refractivity contribution in [2.24, 2.45) is 5.92 Å². The first-order valence-electron chi connectivity index (χ1n) is 12.7. The van der Waals surface area contributed by atoms with Gasteiger partial charge in [0.2, 0.25) is 0 Å². The standard InChI is InChI=1S/C29H27F4NO4/c1-3-18(12-22-19(29(31,32)33)7-5-9-34-22)28(16-38-28)27(26-17(2)6-4-8-21(26)30)15-37-23-14-25-24(13-20(23)27)35-10-11-36-25/h4-9,13-14,18H,3,10-12,15-16H2,1-2H3. The topological polar surface area (TPSA) is 53.1 Å². The van der Waals surface area contributed by atoms with E-state index in [2.05, 4.69) is 4.98 Å². The molecule has 3 aliphatic heterocycles. The predicted octanol–water partition coefficient (Wildman–Crippen LogP) is 6.04.